The van der Waals surface area contributed by atoms with E-state index in [0.29, 0.717) is 6.61 Å². The molecular weight excluding hydrogens is 139 g/mol. The van der Waals surface area contributed by atoms with E-state index in [1.807, 2.05) is 0 Å². The third kappa shape index (κ3) is 11.0. The van der Waals surface area contributed by atoms with Gasteiger partial charge in [-0.2, -0.15) is 0 Å². The van der Waals surface area contributed by atoms with Crippen molar-refractivity contribution >= 4 is 46.4 Å². The summed E-state index contributed by atoms with van der Waals surface area (Å²) in [4.78, 5) is 0. The van der Waals surface area contributed by atoms with Crippen molar-refractivity contribution in [2.45, 2.75) is 0 Å². The van der Waals surface area contributed by atoms with Gasteiger partial charge in [-0.15, -0.1) is 6.58 Å². The van der Waals surface area contributed by atoms with Gasteiger partial charge in [0.1, 0.15) is 0 Å². The monoisotopic (exact) mass is 146 g/mol. The van der Waals surface area contributed by atoms with Gasteiger partial charge in [0.15, 0.2) is 0 Å². The van der Waals surface area contributed by atoms with Crippen LogP contribution in [0.25, 0.3) is 0 Å². The van der Waals surface area contributed by atoms with Gasteiger partial charge in [-0.1, -0.05) is 6.08 Å². The first kappa shape index (κ1) is 10.9. The fraction of sp³-hybridized carbons (Fsp3) is 0.333. The Bertz CT molecular complexity index is 55.8. The van der Waals surface area contributed by atoms with Crippen LogP contribution in [0.5, 0.6) is 0 Å². The van der Waals surface area contributed by atoms with E-state index in [1.165, 1.54) is 6.08 Å². The summed E-state index contributed by atoms with van der Waals surface area (Å²) < 4.78 is 13.7. The Balaban J connectivity index is -0.0000000417. The van der Waals surface area contributed by atoms with Gasteiger partial charge < -0.3 is 2.85 Å². The van der Waals surface area contributed by atoms with Crippen molar-refractivity contribution in [1.29, 1.82) is 0 Å². The van der Waals surface area contributed by atoms with Crippen molar-refractivity contribution in [3.8, 4) is 0 Å². The summed E-state index contributed by atoms with van der Waals surface area (Å²) in [6.07, 6.45) is 1.53. The van der Waals surface area contributed by atoms with E-state index >= 15 is 0 Å². The molecule has 0 amide bonds. The maximum absolute atomic E-state index is 9.39. The quantitative estimate of drug-likeness (QED) is 0.259. The molecule has 0 spiro atoms. The van der Waals surface area contributed by atoms with Crippen LogP contribution in [0.4, 0.5) is 0 Å². The Morgan fingerprint density at radius 3 is 2.71 bits per heavy atom. The van der Waals surface area contributed by atoms with E-state index in [-0.39, 0.29) is 49.3 Å². The fourth-order valence-electron chi connectivity index (χ4n) is 0.0831. The predicted octanol–water partition coefficient (Wildman–Crippen LogP) is 1.24. The zero-order valence-electron chi connectivity index (χ0n) is 5.96. The summed E-state index contributed by atoms with van der Waals surface area (Å²) in [6, 6.07) is 0. The van der Waals surface area contributed by atoms with Crippen molar-refractivity contribution in [2.24, 2.45) is 0 Å². The van der Waals surface area contributed by atoms with Crippen molar-refractivity contribution in [1.82, 2.24) is 0 Å². The first-order valence-corrected chi connectivity index (χ1v) is 2.20. The number of hydrogen-bond donors (Lipinski definition) is 0. The van der Waals surface area contributed by atoms with Crippen molar-refractivity contribution in [3.63, 3.8) is 0 Å². The SMILES string of the molecule is C=CCOP=O.[Ca+2].[H-].[H-]. The first-order valence-electron chi connectivity index (χ1n) is 1.47. The molecular formula is C3H7CaO2P. The van der Waals surface area contributed by atoms with Gasteiger partial charge in [0.05, 0.1) is 6.61 Å². The minimum Gasteiger partial charge on any atom is -1.00 e. The maximum Gasteiger partial charge on any atom is 2.00 e. The topological polar surface area (TPSA) is 26.3 Å². The largest absolute Gasteiger partial charge is 2.00 e. The van der Waals surface area contributed by atoms with Crippen LogP contribution in [0, 0.1) is 0 Å². The molecule has 0 fully saturated rings. The molecule has 0 aromatic heterocycles. The summed E-state index contributed by atoms with van der Waals surface area (Å²) in [5.74, 6) is 0. The van der Waals surface area contributed by atoms with Gasteiger partial charge in [0.2, 0.25) is 0 Å². The molecule has 0 atom stereocenters. The minimum absolute atomic E-state index is 0. The molecule has 0 aliphatic rings. The minimum atomic E-state index is -0.276. The molecule has 0 heterocycles. The molecule has 0 aromatic carbocycles. The third-order valence-corrected chi connectivity index (χ3v) is 0.500. The van der Waals surface area contributed by atoms with Crippen LogP contribution in [0.3, 0.4) is 0 Å². The molecule has 2 nitrogen and oxygen atoms in total. The van der Waals surface area contributed by atoms with Crippen LogP contribution in [-0.2, 0) is 9.09 Å². The zero-order chi connectivity index (χ0) is 4.83. The summed E-state index contributed by atoms with van der Waals surface area (Å²) >= 11 is 0. The Hall–Kier alpha value is 1.06. The normalized spacial score (nSPS) is 7.43. The zero-order valence-corrected chi connectivity index (χ0v) is 7.07. The Morgan fingerprint density at radius 2 is 2.57 bits per heavy atom. The first-order chi connectivity index (χ1) is 2.91. The van der Waals surface area contributed by atoms with Crippen LogP contribution in [0.2, 0.25) is 0 Å². The van der Waals surface area contributed by atoms with Crippen LogP contribution in [-0.4, -0.2) is 44.3 Å². The molecule has 0 radical (unpaired) electrons. The van der Waals surface area contributed by atoms with Gasteiger partial charge in [0.25, 0.3) is 0 Å². The van der Waals surface area contributed by atoms with E-state index in [1.54, 1.807) is 0 Å². The van der Waals surface area contributed by atoms with Crippen LogP contribution in [0.15, 0.2) is 12.7 Å². The second kappa shape index (κ2) is 10.1. The summed E-state index contributed by atoms with van der Waals surface area (Å²) in [6.45, 7) is 3.68. The van der Waals surface area contributed by atoms with Crippen LogP contribution < -0.4 is 0 Å². The molecule has 0 bridgehead atoms. The summed E-state index contributed by atoms with van der Waals surface area (Å²) in [7, 11) is -0.276. The Labute approximate surface area is 77.2 Å². The van der Waals surface area contributed by atoms with E-state index < -0.39 is 0 Å². The smallest absolute Gasteiger partial charge is 1.00 e. The fourth-order valence-corrected chi connectivity index (χ4v) is 0.249. The van der Waals surface area contributed by atoms with E-state index in [0.717, 1.165) is 0 Å². The van der Waals surface area contributed by atoms with Crippen molar-refractivity contribution < 1.29 is 11.9 Å². The van der Waals surface area contributed by atoms with Crippen molar-refractivity contribution in [3.05, 3.63) is 12.7 Å². The maximum atomic E-state index is 9.39. The van der Waals surface area contributed by atoms with Crippen LogP contribution in [0.1, 0.15) is 2.85 Å². The number of hydrogen-bond acceptors (Lipinski definition) is 2. The van der Waals surface area contributed by atoms with Gasteiger partial charge in [-0.05, 0) is 0 Å². The second-order valence-electron chi connectivity index (χ2n) is 0.659. The van der Waals surface area contributed by atoms with E-state index in [2.05, 4.69) is 11.1 Å². The van der Waals surface area contributed by atoms with Gasteiger partial charge in [-0.3, -0.25) is 4.52 Å². The number of rotatable bonds is 3. The van der Waals surface area contributed by atoms with E-state index in [4.69, 9.17) is 0 Å². The molecule has 0 aliphatic heterocycles. The second-order valence-corrected chi connectivity index (χ2v) is 1.07. The van der Waals surface area contributed by atoms with Gasteiger partial charge >= 0.3 is 46.4 Å². The predicted molar refractivity (Wildman–Crippen MR) is 31.7 cm³/mol. The molecule has 0 saturated heterocycles. The van der Waals surface area contributed by atoms with Crippen molar-refractivity contribution in [2.75, 3.05) is 6.61 Å². The van der Waals surface area contributed by atoms with Crippen LogP contribution >= 0.6 is 8.69 Å². The Morgan fingerprint density at radius 1 is 2.00 bits per heavy atom. The average Bonchev–Trinajstić information content (AvgIpc) is 1.61. The van der Waals surface area contributed by atoms with Gasteiger partial charge in [-0.25, -0.2) is 4.57 Å². The molecule has 0 rings (SSSR count). The molecule has 0 aromatic rings. The molecule has 0 unspecified atom stereocenters. The molecule has 38 valence electrons. The standard InChI is InChI=1S/C3H5O2P.Ca.2H/c1-2-3-5-6-4;;;/h2H,1,3H2;;;/q;+2;2*-1. The summed E-state index contributed by atoms with van der Waals surface area (Å²) in [5.41, 5.74) is 0. The average molecular weight is 146 g/mol. The van der Waals surface area contributed by atoms with Gasteiger partial charge in [0, 0.05) is 0 Å². The molecule has 0 N–H and O–H groups in total. The third-order valence-electron chi connectivity index (χ3n) is 0.245. The molecule has 7 heavy (non-hydrogen) atoms. The Kier molecular flexibility index (Phi) is 15.8. The molecule has 4 heteroatoms. The summed E-state index contributed by atoms with van der Waals surface area (Å²) in [5, 5.41) is 0. The molecule has 0 saturated carbocycles. The van der Waals surface area contributed by atoms with E-state index in [9.17, 15) is 4.57 Å². The molecule has 0 aliphatic carbocycles.